The second-order valence-corrected chi connectivity index (χ2v) is 5.74. The molecule has 0 atom stereocenters. The molecule has 3 aromatic rings. The first-order valence-electron chi connectivity index (χ1n) is 7.98. The first-order chi connectivity index (χ1) is 14.5. The molecular weight excluding hydrogens is 446 g/mol. The van der Waals surface area contributed by atoms with Crippen LogP contribution < -0.4 is 14.0 Å². The lowest BCUT2D eigenvalue weighted by Crippen LogP contribution is -2.38. The maximum atomic E-state index is 13.9. The van der Waals surface area contributed by atoms with Crippen molar-refractivity contribution in [1.82, 2.24) is 0 Å². The first kappa shape index (κ1) is 22.2. The summed E-state index contributed by atoms with van der Waals surface area (Å²) in [6.07, 6.45) is 0. The summed E-state index contributed by atoms with van der Waals surface area (Å²) in [5.74, 6) is -18.5. The molecule has 0 aliphatic heterocycles. The van der Waals surface area contributed by atoms with E-state index in [1.807, 2.05) is 0 Å². The van der Waals surface area contributed by atoms with E-state index in [2.05, 4.69) is 14.0 Å². The van der Waals surface area contributed by atoms with Gasteiger partial charge in [-0.1, -0.05) is 0 Å². The fourth-order valence-electron chi connectivity index (χ4n) is 2.29. The lowest BCUT2D eigenvalue weighted by atomic mass is 10.1. The van der Waals surface area contributed by atoms with Gasteiger partial charge in [-0.3, -0.25) is 0 Å². The summed E-state index contributed by atoms with van der Waals surface area (Å²) in [4.78, 5) is 0. The lowest BCUT2D eigenvalue weighted by molar-refractivity contribution is 0.267. The highest BCUT2D eigenvalue weighted by atomic mass is 19.2. The third kappa shape index (κ3) is 4.98. The molecule has 0 heterocycles. The molecule has 0 bridgehead atoms. The van der Waals surface area contributed by atoms with Crippen molar-refractivity contribution >= 4 is 7.32 Å². The van der Waals surface area contributed by atoms with E-state index in [4.69, 9.17) is 0 Å². The zero-order valence-corrected chi connectivity index (χ0v) is 14.7. The molecule has 3 nitrogen and oxygen atoms in total. The van der Waals surface area contributed by atoms with Crippen molar-refractivity contribution in [2.24, 2.45) is 0 Å². The SMILES string of the molecule is Fc1cc(F)c(OB(Oc2c(F)cc(F)cc2F)Oc2c(F)cc(F)cc2F)c(F)c1. The highest BCUT2D eigenvalue weighted by molar-refractivity contribution is 6.39. The minimum atomic E-state index is -2.72. The van der Waals surface area contributed by atoms with Crippen LogP contribution in [0.15, 0.2) is 36.4 Å². The third-order valence-electron chi connectivity index (χ3n) is 3.53. The molecule has 0 saturated carbocycles. The van der Waals surface area contributed by atoms with Gasteiger partial charge in [0.1, 0.15) is 17.5 Å². The zero-order chi connectivity index (χ0) is 22.9. The Labute approximate surface area is 167 Å². The van der Waals surface area contributed by atoms with Gasteiger partial charge in [-0.05, 0) is 0 Å². The van der Waals surface area contributed by atoms with Crippen molar-refractivity contribution in [3.05, 3.63) is 88.8 Å². The van der Waals surface area contributed by atoms with Crippen LogP contribution in [0.1, 0.15) is 0 Å². The van der Waals surface area contributed by atoms with Crippen LogP contribution in [0.4, 0.5) is 39.5 Å². The molecule has 3 rings (SSSR count). The lowest BCUT2D eigenvalue weighted by Gasteiger charge is -2.18. The minimum Gasteiger partial charge on any atom is -0.484 e. The van der Waals surface area contributed by atoms with E-state index >= 15 is 0 Å². The first-order valence-corrected chi connectivity index (χ1v) is 7.98. The van der Waals surface area contributed by atoms with Gasteiger partial charge in [0, 0.05) is 36.4 Å². The van der Waals surface area contributed by atoms with Crippen molar-refractivity contribution < 1.29 is 53.5 Å². The van der Waals surface area contributed by atoms with Crippen LogP contribution in [0.3, 0.4) is 0 Å². The number of benzene rings is 3. The molecule has 0 saturated heterocycles. The molecule has 13 heteroatoms. The van der Waals surface area contributed by atoms with Crippen molar-refractivity contribution in [1.29, 1.82) is 0 Å². The summed E-state index contributed by atoms with van der Waals surface area (Å²) < 4.78 is 136. The molecule has 0 aliphatic rings. The molecule has 0 aliphatic carbocycles. The number of hydrogen-bond donors (Lipinski definition) is 0. The van der Waals surface area contributed by atoms with E-state index in [0.29, 0.717) is 0 Å². The number of halogens is 9. The van der Waals surface area contributed by atoms with E-state index in [1.165, 1.54) is 0 Å². The molecule has 3 aromatic carbocycles. The van der Waals surface area contributed by atoms with Gasteiger partial charge in [0.15, 0.2) is 52.2 Å². The summed E-state index contributed by atoms with van der Waals surface area (Å²) in [6.45, 7) is 0. The molecular formula is C18H6BF9O3. The number of hydrogen-bond acceptors (Lipinski definition) is 3. The molecule has 0 N–H and O–H groups in total. The average Bonchev–Trinajstić information content (AvgIpc) is 2.63. The van der Waals surface area contributed by atoms with Gasteiger partial charge in [-0.2, -0.15) is 0 Å². The highest BCUT2D eigenvalue weighted by Gasteiger charge is 2.37. The summed E-state index contributed by atoms with van der Waals surface area (Å²) in [5, 5.41) is 0. The summed E-state index contributed by atoms with van der Waals surface area (Å²) in [6, 6.07) is 0.879. The van der Waals surface area contributed by atoms with Gasteiger partial charge >= 0.3 is 7.32 Å². The highest BCUT2D eigenvalue weighted by Crippen LogP contribution is 2.29. The molecule has 162 valence electrons. The quantitative estimate of drug-likeness (QED) is 0.368. The van der Waals surface area contributed by atoms with Crippen LogP contribution in [0, 0.1) is 52.4 Å². The predicted octanol–water partition coefficient (Wildman–Crippen LogP) is 5.46. The van der Waals surface area contributed by atoms with E-state index in [-0.39, 0.29) is 36.4 Å². The van der Waals surface area contributed by atoms with Crippen LogP contribution >= 0.6 is 0 Å². The predicted molar refractivity (Wildman–Crippen MR) is 86.6 cm³/mol. The maximum absolute atomic E-state index is 13.9. The Morgan fingerprint density at radius 3 is 0.774 bits per heavy atom. The van der Waals surface area contributed by atoms with Crippen molar-refractivity contribution in [3.63, 3.8) is 0 Å². The van der Waals surface area contributed by atoms with Gasteiger partial charge < -0.3 is 14.0 Å². The molecule has 0 fully saturated rings. The molecule has 0 amide bonds. The van der Waals surface area contributed by atoms with Crippen LogP contribution in [-0.4, -0.2) is 7.32 Å². The Bertz CT molecular complexity index is 932. The Morgan fingerprint density at radius 2 is 0.581 bits per heavy atom. The Morgan fingerprint density at radius 1 is 0.387 bits per heavy atom. The van der Waals surface area contributed by atoms with Crippen LogP contribution in [0.5, 0.6) is 17.2 Å². The molecule has 0 aromatic heterocycles. The van der Waals surface area contributed by atoms with E-state index in [0.717, 1.165) is 0 Å². The second kappa shape index (κ2) is 8.70. The maximum Gasteiger partial charge on any atom is 0.864 e. The van der Waals surface area contributed by atoms with Crippen LogP contribution in [-0.2, 0) is 0 Å². The average molecular weight is 452 g/mol. The van der Waals surface area contributed by atoms with Gasteiger partial charge in [0.2, 0.25) is 0 Å². The van der Waals surface area contributed by atoms with Gasteiger partial charge in [0.05, 0.1) is 0 Å². The van der Waals surface area contributed by atoms with Crippen LogP contribution in [0.25, 0.3) is 0 Å². The van der Waals surface area contributed by atoms with Gasteiger partial charge in [-0.15, -0.1) is 0 Å². The van der Waals surface area contributed by atoms with Crippen molar-refractivity contribution in [2.45, 2.75) is 0 Å². The van der Waals surface area contributed by atoms with Gasteiger partial charge in [-0.25, -0.2) is 39.5 Å². The van der Waals surface area contributed by atoms with Gasteiger partial charge in [0.25, 0.3) is 0 Å². The summed E-state index contributed by atoms with van der Waals surface area (Å²) in [7, 11) is -2.72. The van der Waals surface area contributed by atoms with Crippen molar-refractivity contribution in [2.75, 3.05) is 0 Å². The second-order valence-electron chi connectivity index (χ2n) is 5.74. The topological polar surface area (TPSA) is 27.7 Å². The van der Waals surface area contributed by atoms with E-state index in [9.17, 15) is 39.5 Å². The molecule has 31 heavy (non-hydrogen) atoms. The summed E-state index contributed by atoms with van der Waals surface area (Å²) in [5.41, 5.74) is 0. The Hall–Kier alpha value is -3.51. The number of rotatable bonds is 6. The zero-order valence-electron chi connectivity index (χ0n) is 14.7. The Balaban J connectivity index is 2.02. The van der Waals surface area contributed by atoms with E-state index < -0.39 is 76.9 Å². The standard InChI is InChI=1S/C18H6BF9O3/c20-7-1-10(23)16(11(24)2-7)29-19(30-17-12(25)3-8(21)4-13(17)26)31-18-14(27)5-9(22)6-15(18)28/h1-6H. The molecule has 0 spiro atoms. The third-order valence-corrected chi connectivity index (χ3v) is 3.53. The fourth-order valence-corrected chi connectivity index (χ4v) is 2.29. The van der Waals surface area contributed by atoms with E-state index in [1.54, 1.807) is 0 Å². The Kier molecular flexibility index (Phi) is 6.23. The smallest absolute Gasteiger partial charge is 0.484 e. The summed E-state index contributed by atoms with van der Waals surface area (Å²) >= 11 is 0. The van der Waals surface area contributed by atoms with Crippen molar-refractivity contribution in [3.8, 4) is 17.2 Å². The molecule has 0 unspecified atom stereocenters. The van der Waals surface area contributed by atoms with Crippen LogP contribution in [0.2, 0.25) is 0 Å². The fraction of sp³-hybridized carbons (Fsp3) is 0. The minimum absolute atomic E-state index is 0.146. The largest absolute Gasteiger partial charge is 0.864 e. The molecule has 0 radical (unpaired) electrons. The monoisotopic (exact) mass is 452 g/mol. The normalized spacial score (nSPS) is 10.7.